The Bertz CT molecular complexity index is 847. The monoisotopic (exact) mass is 307 g/mol. The fourth-order valence-corrected chi connectivity index (χ4v) is 3.31. The van der Waals surface area contributed by atoms with Gasteiger partial charge in [0.05, 0.1) is 18.1 Å². The molecular weight excluding hydrogens is 286 g/mol. The maximum absolute atomic E-state index is 5.29. The van der Waals surface area contributed by atoms with Crippen molar-refractivity contribution < 1.29 is 4.74 Å². The molecule has 1 fully saturated rings. The van der Waals surface area contributed by atoms with E-state index in [0.29, 0.717) is 0 Å². The van der Waals surface area contributed by atoms with Gasteiger partial charge in [-0.15, -0.1) is 0 Å². The van der Waals surface area contributed by atoms with Gasteiger partial charge in [0.15, 0.2) is 0 Å². The van der Waals surface area contributed by atoms with Gasteiger partial charge >= 0.3 is 0 Å². The first-order chi connectivity index (χ1) is 11.2. The SMILES string of the molecule is COc1ccc2nc(-c3ccc(C)c(N4CCCC4)c3)[nH]c2c1. The van der Waals surface area contributed by atoms with E-state index in [0.717, 1.165) is 41.3 Å². The van der Waals surface area contributed by atoms with Crippen LogP contribution in [0.5, 0.6) is 5.75 Å². The number of aromatic nitrogens is 2. The molecule has 1 aromatic heterocycles. The number of nitrogens with one attached hydrogen (secondary N) is 1. The second-order valence-electron chi connectivity index (χ2n) is 6.16. The summed E-state index contributed by atoms with van der Waals surface area (Å²) in [6.07, 6.45) is 2.57. The molecule has 0 amide bonds. The number of H-pyrrole nitrogens is 1. The highest BCUT2D eigenvalue weighted by atomic mass is 16.5. The minimum atomic E-state index is 0.842. The van der Waals surface area contributed by atoms with E-state index < -0.39 is 0 Å². The predicted molar refractivity (Wildman–Crippen MR) is 94.3 cm³/mol. The number of ether oxygens (including phenoxy) is 1. The van der Waals surface area contributed by atoms with E-state index in [1.165, 1.54) is 24.1 Å². The summed E-state index contributed by atoms with van der Waals surface area (Å²) in [6.45, 7) is 4.49. The number of benzene rings is 2. The molecule has 0 spiro atoms. The van der Waals surface area contributed by atoms with Crippen LogP contribution in [0.4, 0.5) is 5.69 Å². The summed E-state index contributed by atoms with van der Waals surface area (Å²) < 4.78 is 5.29. The minimum absolute atomic E-state index is 0.842. The van der Waals surface area contributed by atoms with Crippen molar-refractivity contribution in [3.8, 4) is 17.1 Å². The van der Waals surface area contributed by atoms with Crippen LogP contribution in [0.3, 0.4) is 0 Å². The van der Waals surface area contributed by atoms with Crippen LogP contribution in [0.15, 0.2) is 36.4 Å². The first kappa shape index (κ1) is 14.1. The van der Waals surface area contributed by atoms with Crippen molar-refractivity contribution in [3.63, 3.8) is 0 Å². The number of anilines is 1. The van der Waals surface area contributed by atoms with E-state index in [1.807, 2.05) is 18.2 Å². The van der Waals surface area contributed by atoms with Crippen molar-refractivity contribution in [3.05, 3.63) is 42.0 Å². The topological polar surface area (TPSA) is 41.1 Å². The molecule has 0 unspecified atom stereocenters. The van der Waals surface area contributed by atoms with Gasteiger partial charge in [0.1, 0.15) is 11.6 Å². The highest BCUT2D eigenvalue weighted by Crippen LogP contribution is 2.30. The molecule has 118 valence electrons. The summed E-state index contributed by atoms with van der Waals surface area (Å²) in [7, 11) is 1.68. The number of hydrogen-bond acceptors (Lipinski definition) is 3. The van der Waals surface area contributed by atoms with Crippen molar-refractivity contribution in [1.82, 2.24) is 9.97 Å². The summed E-state index contributed by atoms with van der Waals surface area (Å²) in [5.41, 5.74) is 5.76. The van der Waals surface area contributed by atoms with Crippen LogP contribution in [-0.4, -0.2) is 30.2 Å². The molecule has 0 saturated carbocycles. The van der Waals surface area contributed by atoms with Gasteiger partial charge in [0, 0.05) is 30.4 Å². The Kier molecular flexibility index (Phi) is 3.45. The summed E-state index contributed by atoms with van der Waals surface area (Å²) in [6, 6.07) is 12.5. The lowest BCUT2D eigenvalue weighted by molar-refractivity contribution is 0.415. The number of imidazole rings is 1. The third kappa shape index (κ3) is 2.54. The smallest absolute Gasteiger partial charge is 0.138 e. The zero-order chi connectivity index (χ0) is 15.8. The second-order valence-corrected chi connectivity index (χ2v) is 6.16. The number of hydrogen-bond donors (Lipinski definition) is 1. The Morgan fingerprint density at radius 1 is 1.09 bits per heavy atom. The fraction of sp³-hybridized carbons (Fsp3) is 0.316. The highest BCUT2D eigenvalue weighted by Gasteiger charge is 2.16. The number of aromatic amines is 1. The van der Waals surface area contributed by atoms with Gasteiger partial charge in [0.25, 0.3) is 0 Å². The van der Waals surface area contributed by atoms with E-state index in [4.69, 9.17) is 9.72 Å². The molecule has 2 aromatic carbocycles. The fourth-order valence-electron chi connectivity index (χ4n) is 3.31. The molecule has 4 rings (SSSR count). The van der Waals surface area contributed by atoms with Crippen LogP contribution in [0, 0.1) is 6.92 Å². The maximum atomic E-state index is 5.29. The Morgan fingerprint density at radius 2 is 1.91 bits per heavy atom. The number of aryl methyl sites for hydroxylation is 1. The van der Waals surface area contributed by atoms with Gasteiger partial charge in [0.2, 0.25) is 0 Å². The van der Waals surface area contributed by atoms with E-state index in [-0.39, 0.29) is 0 Å². The lowest BCUT2D eigenvalue weighted by Crippen LogP contribution is -2.18. The Labute approximate surface area is 136 Å². The summed E-state index contributed by atoms with van der Waals surface area (Å²) >= 11 is 0. The molecule has 0 radical (unpaired) electrons. The lowest BCUT2D eigenvalue weighted by Gasteiger charge is -2.20. The molecule has 3 aromatic rings. The highest BCUT2D eigenvalue weighted by molar-refractivity contribution is 5.81. The van der Waals surface area contributed by atoms with Gasteiger partial charge in [-0.2, -0.15) is 0 Å². The van der Waals surface area contributed by atoms with Crippen LogP contribution in [0.25, 0.3) is 22.4 Å². The van der Waals surface area contributed by atoms with E-state index in [2.05, 4.69) is 35.0 Å². The lowest BCUT2D eigenvalue weighted by atomic mass is 10.1. The summed E-state index contributed by atoms with van der Waals surface area (Å²) in [4.78, 5) is 10.6. The Hall–Kier alpha value is -2.49. The zero-order valence-electron chi connectivity index (χ0n) is 13.6. The Balaban J connectivity index is 1.76. The third-order valence-corrected chi connectivity index (χ3v) is 4.62. The molecule has 4 nitrogen and oxygen atoms in total. The molecule has 1 aliphatic rings. The predicted octanol–water partition coefficient (Wildman–Crippen LogP) is 4.15. The number of nitrogens with zero attached hydrogens (tertiary/aromatic N) is 2. The number of rotatable bonds is 3. The molecular formula is C19H21N3O. The molecule has 23 heavy (non-hydrogen) atoms. The zero-order valence-corrected chi connectivity index (χ0v) is 13.6. The van der Waals surface area contributed by atoms with Crippen LogP contribution < -0.4 is 9.64 Å². The van der Waals surface area contributed by atoms with Crippen LogP contribution in [-0.2, 0) is 0 Å². The van der Waals surface area contributed by atoms with E-state index >= 15 is 0 Å². The van der Waals surface area contributed by atoms with Gasteiger partial charge in [-0.25, -0.2) is 4.98 Å². The van der Waals surface area contributed by atoms with Crippen molar-refractivity contribution in [1.29, 1.82) is 0 Å². The average Bonchev–Trinajstić information content (AvgIpc) is 3.24. The largest absolute Gasteiger partial charge is 0.497 e. The van der Waals surface area contributed by atoms with Gasteiger partial charge in [-0.05, 0) is 43.5 Å². The van der Waals surface area contributed by atoms with Crippen LogP contribution in [0.1, 0.15) is 18.4 Å². The Morgan fingerprint density at radius 3 is 2.70 bits per heavy atom. The molecule has 1 aliphatic heterocycles. The molecule has 1 N–H and O–H groups in total. The normalized spacial score (nSPS) is 14.6. The third-order valence-electron chi connectivity index (χ3n) is 4.62. The van der Waals surface area contributed by atoms with Crippen LogP contribution >= 0.6 is 0 Å². The van der Waals surface area contributed by atoms with Crippen molar-refractivity contribution in [2.24, 2.45) is 0 Å². The van der Waals surface area contributed by atoms with Crippen molar-refractivity contribution >= 4 is 16.7 Å². The first-order valence-corrected chi connectivity index (χ1v) is 8.14. The van der Waals surface area contributed by atoms with Crippen molar-refractivity contribution in [2.45, 2.75) is 19.8 Å². The molecule has 2 heterocycles. The average molecular weight is 307 g/mol. The molecule has 0 aliphatic carbocycles. The molecule has 0 atom stereocenters. The standard InChI is InChI=1S/C19H21N3O/c1-13-5-6-14(11-18(13)22-9-3-4-10-22)19-20-16-8-7-15(23-2)12-17(16)21-19/h5-8,11-12H,3-4,9-10H2,1-2H3,(H,20,21). The van der Waals surface area contributed by atoms with Gasteiger partial charge in [-0.1, -0.05) is 12.1 Å². The minimum Gasteiger partial charge on any atom is -0.497 e. The van der Waals surface area contributed by atoms with Gasteiger partial charge < -0.3 is 14.6 Å². The summed E-state index contributed by atoms with van der Waals surface area (Å²) in [5.74, 6) is 1.75. The van der Waals surface area contributed by atoms with E-state index in [9.17, 15) is 0 Å². The maximum Gasteiger partial charge on any atom is 0.138 e. The first-order valence-electron chi connectivity index (χ1n) is 8.14. The molecule has 1 saturated heterocycles. The van der Waals surface area contributed by atoms with Crippen LogP contribution in [0.2, 0.25) is 0 Å². The molecule has 0 bridgehead atoms. The quantitative estimate of drug-likeness (QED) is 0.790. The number of methoxy groups -OCH3 is 1. The van der Waals surface area contributed by atoms with Crippen molar-refractivity contribution in [2.75, 3.05) is 25.1 Å². The number of fused-ring (bicyclic) bond motifs is 1. The van der Waals surface area contributed by atoms with Gasteiger partial charge in [-0.3, -0.25) is 0 Å². The summed E-state index contributed by atoms with van der Waals surface area (Å²) in [5, 5.41) is 0. The second kappa shape index (κ2) is 5.61. The molecule has 4 heteroatoms. The van der Waals surface area contributed by atoms with E-state index in [1.54, 1.807) is 7.11 Å².